The number of nitrogens with zero attached hydrogens (tertiary/aromatic N) is 3. The zero-order valence-corrected chi connectivity index (χ0v) is 14.4. The molecule has 3 heterocycles. The Bertz CT molecular complexity index is 759. The maximum absolute atomic E-state index is 11.9. The number of piperidine rings is 1. The van der Waals surface area contributed by atoms with E-state index < -0.39 is 8.38 Å². The zero-order valence-electron chi connectivity index (χ0n) is 13.5. The number of pyridine rings is 1. The summed E-state index contributed by atoms with van der Waals surface area (Å²) >= 11 is 0. The minimum absolute atomic E-state index is 0.265. The molecule has 0 atom stereocenters. The topological polar surface area (TPSA) is 112 Å². The number of aromatic amines is 1. The van der Waals surface area contributed by atoms with Gasteiger partial charge in [0.15, 0.2) is 8.38 Å². The van der Waals surface area contributed by atoms with E-state index in [-0.39, 0.29) is 11.4 Å². The molecule has 2 aromatic rings. The molecule has 0 spiro atoms. The van der Waals surface area contributed by atoms with Crippen molar-refractivity contribution in [3.63, 3.8) is 0 Å². The number of hydrogen-bond donors (Lipinski definition) is 3. The van der Waals surface area contributed by atoms with Gasteiger partial charge in [0.05, 0.1) is 12.6 Å². The predicted molar refractivity (Wildman–Crippen MR) is 92.5 cm³/mol. The number of rotatable bonds is 5. The van der Waals surface area contributed by atoms with E-state index in [0.717, 1.165) is 32.4 Å². The van der Waals surface area contributed by atoms with Gasteiger partial charge in [0.2, 0.25) is 11.8 Å². The lowest BCUT2D eigenvalue weighted by Gasteiger charge is -2.32. The number of H-pyrrole nitrogens is 1. The van der Waals surface area contributed by atoms with Crippen molar-refractivity contribution in [2.24, 2.45) is 5.92 Å². The van der Waals surface area contributed by atoms with Gasteiger partial charge in [-0.3, -0.25) is 4.79 Å². The zero-order chi connectivity index (χ0) is 17.1. The predicted octanol–water partition coefficient (Wildman–Crippen LogP) is 1.23. The summed E-state index contributed by atoms with van der Waals surface area (Å²) < 4.78 is 5.27. The molecule has 0 amide bonds. The van der Waals surface area contributed by atoms with Crippen LogP contribution in [0.4, 0.5) is 5.95 Å². The molecule has 1 aliphatic rings. The van der Waals surface area contributed by atoms with Crippen LogP contribution in [0.1, 0.15) is 19.3 Å². The smallest absolute Gasteiger partial charge is 0.262 e. The Morgan fingerprint density at radius 3 is 2.79 bits per heavy atom. The molecular formula is C15H21N4O4P. The van der Waals surface area contributed by atoms with Gasteiger partial charge in [0.25, 0.3) is 5.56 Å². The van der Waals surface area contributed by atoms with Gasteiger partial charge in [-0.2, -0.15) is 4.98 Å². The first-order valence-electron chi connectivity index (χ1n) is 7.92. The average molecular weight is 352 g/mol. The first-order valence-corrected chi connectivity index (χ1v) is 9.35. The third kappa shape index (κ3) is 3.66. The summed E-state index contributed by atoms with van der Waals surface area (Å²) in [6.07, 6.45) is 4.80. The molecule has 2 aromatic heterocycles. The van der Waals surface area contributed by atoms with Crippen molar-refractivity contribution in [1.29, 1.82) is 0 Å². The van der Waals surface area contributed by atoms with E-state index in [2.05, 4.69) is 19.9 Å². The van der Waals surface area contributed by atoms with E-state index in [1.165, 1.54) is 7.11 Å². The Labute approximate surface area is 140 Å². The third-order valence-electron chi connectivity index (χ3n) is 4.40. The second-order valence-corrected chi connectivity index (χ2v) is 7.11. The van der Waals surface area contributed by atoms with Gasteiger partial charge in [0.1, 0.15) is 5.39 Å². The maximum atomic E-state index is 11.9. The second-order valence-electron chi connectivity index (χ2n) is 5.91. The molecule has 0 aromatic carbocycles. The van der Waals surface area contributed by atoms with Crippen LogP contribution in [0.25, 0.3) is 10.9 Å². The molecule has 8 nitrogen and oxygen atoms in total. The molecule has 3 N–H and O–H groups in total. The Balaban J connectivity index is 1.78. The van der Waals surface area contributed by atoms with Crippen LogP contribution in [-0.4, -0.2) is 51.1 Å². The summed E-state index contributed by atoms with van der Waals surface area (Å²) in [5.41, 5.74) is 0.299. The van der Waals surface area contributed by atoms with Crippen LogP contribution in [0.5, 0.6) is 5.88 Å². The van der Waals surface area contributed by atoms with Gasteiger partial charge in [0, 0.05) is 25.4 Å². The summed E-state index contributed by atoms with van der Waals surface area (Å²) in [5, 5.41) is 0.359. The fraction of sp³-hybridized carbons (Fsp3) is 0.533. The fourth-order valence-electron chi connectivity index (χ4n) is 3.06. The van der Waals surface area contributed by atoms with Crippen molar-refractivity contribution in [3.05, 3.63) is 22.6 Å². The molecule has 0 aliphatic carbocycles. The number of aromatic nitrogens is 3. The Morgan fingerprint density at radius 2 is 2.12 bits per heavy atom. The molecule has 1 fully saturated rings. The highest BCUT2D eigenvalue weighted by molar-refractivity contribution is 7.45. The first-order chi connectivity index (χ1) is 11.6. The molecule has 0 bridgehead atoms. The first kappa shape index (κ1) is 17.1. The lowest BCUT2D eigenvalue weighted by atomic mass is 9.94. The summed E-state index contributed by atoms with van der Waals surface area (Å²) in [6.45, 7) is 1.61. The molecule has 1 saturated heterocycles. The van der Waals surface area contributed by atoms with Crippen molar-refractivity contribution >= 4 is 25.2 Å². The molecule has 3 rings (SSSR count). The molecule has 1 aliphatic heterocycles. The summed E-state index contributed by atoms with van der Waals surface area (Å²) in [6, 6.07) is 1.74. The van der Waals surface area contributed by atoms with Crippen molar-refractivity contribution < 1.29 is 14.5 Å². The van der Waals surface area contributed by atoms with Gasteiger partial charge < -0.3 is 24.4 Å². The number of hydrogen-bond acceptors (Lipinski definition) is 7. The lowest BCUT2D eigenvalue weighted by Crippen LogP contribution is -2.35. The van der Waals surface area contributed by atoms with Gasteiger partial charge in [-0.15, -0.1) is 0 Å². The quantitative estimate of drug-likeness (QED) is 0.694. The van der Waals surface area contributed by atoms with Crippen LogP contribution in [0.3, 0.4) is 0 Å². The van der Waals surface area contributed by atoms with Gasteiger partial charge in [-0.25, -0.2) is 4.98 Å². The number of methoxy groups -OCH3 is 1. The van der Waals surface area contributed by atoms with E-state index in [1.807, 2.05) is 0 Å². The largest absolute Gasteiger partial charge is 0.480 e. The third-order valence-corrected chi connectivity index (χ3v) is 5.06. The van der Waals surface area contributed by atoms with Gasteiger partial charge in [-0.05, 0) is 31.2 Å². The highest BCUT2D eigenvalue weighted by Gasteiger charge is 2.23. The van der Waals surface area contributed by atoms with Crippen LogP contribution in [0, 0.1) is 5.92 Å². The van der Waals surface area contributed by atoms with Crippen molar-refractivity contribution in [3.8, 4) is 5.88 Å². The van der Waals surface area contributed by atoms with E-state index in [0.29, 0.717) is 28.9 Å². The molecule has 130 valence electrons. The van der Waals surface area contributed by atoms with Crippen LogP contribution in [-0.2, 0) is 0 Å². The average Bonchev–Trinajstić information content (AvgIpc) is 2.59. The normalized spacial score (nSPS) is 16.1. The van der Waals surface area contributed by atoms with Crippen LogP contribution < -0.4 is 15.2 Å². The lowest BCUT2D eigenvalue weighted by molar-refractivity contribution is 0.380. The molecule has 0 radical (unpaired) electrons. The molecular weight excluding hydrogens is 331 g/mol. The van der Waals surface area contributed by atoms with E-state index >= 15 is 0 Å². The standard InChI is InChI=1S/C15H21N4O4P/c1-23-14-12-11(2-6-16-13(12)20)17-15(18-14)19-7-3-10(4-8-19)5-9-24(21)22/h2,6,10,21-22H,3-5,7-9H2,1H3,(H,16,20). The molecule has 0 unspecified atom stereocenters. The molecule has 9 heteroatoms. The highest BCUT2D eigenvalue weighted by atomic mass is 31.2. The molecule has 0 saturated carbocycles. The van der Waals surface area contributed by atoms with Crippen LogP contribution in [0.15, 0.2) is 17.1 Å². The minimum atomic E-state index is -1.80. The summed E-state index contributed by atoms with van der Waals surface area (Å²) in [5.74, 6) is 1.34. The van der Waals surface area contributed by atoms with Gasteiger partial charge >= 0.3 is 0 Å². The summed E-state index contributed by atoms with van der Waals surface area (Å²) in [7, 11) is -0.305. The van der Waals surface area contributed by atoms with Crippen molar-refractivity contribution in [2.75, 3.05) is 31.3 Å². The number of anilines is 1. The second kappa shape index (κ2) is 7.42. The maximum Gasteiger partial charge on any atom is 0.262 e. The minimum Gasteiger partial charge on any atom is -0.480 e. The monoisotopic (exact) mass is 352 g/mol. The molecule has 24 heavy (non-hydrogen) atoms. The highest BCUT2D eigenvalue weighted by Crippen LogP contribution is 2.31. The summed E-state index contributed by atoms with van der Waals surface area (Å²) in [4.78, 5) is 43.6. The number of ether oxygens (including phenoxy) is 1. The van der Waals surface area contributed by atoms with E-state index in [9.17, 15) is 4.79 Å². The Kier molecular flexibility index (Phi) is 5.28. The van der Waals surface area contributed by atoms with E-state index in [4.69, 9.17) is 14.5 Å². The van der Waals surface area contributed by atoms with Crippen LogP contribution in [0.2, 0.25) is 0 Å². The fourth-order valence-corrected chi connectivity index (χ4v) is 3.65. The van der Waals surface area contributed by atoms with Gasteiger partial charge in [-0.1, -0.05) is 0 Å². The van der Waals surface area contributed by atoms with E-state index in [1.54, 1.807) is 12.3 Å². The van der Waals surface area contributed by atoms with Crippen molar-refractivity contribution in [1.82, 2.24) is 15.0 Å². The SMILES string of the molecule is COc1nc(N2CCC(CCP(O)O)CC2)nc2cc[nH]c(=O)c12. The van der Waals surface area contributed by atoms with Crippen molar-refractivity contribution in [2.45, 2.75) is 19.3 Å². The number of nitrogens with one attached hydrogen (secondary N) is 1. The van der Waals surface area contributed by atoms with Crippen LogP contribution >= 0.6 is 8.38 Å². The Morgan fingerprint density at radius 1 is 1.38 bits per heavy atom. The number of fused-ring (bicyclic) bond motifs is 1. The Hall–Kier alpha value is -1.76.